The summed E-state index contributed by atoms with van der Waals surface area (Å²) in [4.78, 5) is 23.4. The number of hydrogen-bond acceptors (Lipinski definition) is 7. The van der Waals surface area contributed by atoms with Crippen molar-refractivity contribution in [3.05, 3.63) is 29.0 Å². The van der Waals surface area contributed by atoms with E-state index in [0.717, 1.165) is 25.9 Å². The van der Waals surface area contributed by atoms with Gasteiger partial charge in [-0.3, -0.25) is 9.59 Å². The molecule has 3 rings (SSSR count). The number of aromatic amines is 1. The molecule has 1 aliphatic rings. The van der Waals surface area contributed by atoms with Crippen molar-refractivity contribution in [1.29, 1.82) is 0 Å². The summed E-state index contributed by atoms with van der Waals surface area (Å²) in [5.74, 6) is -1.09. The first-order valence-corrected chi connectivity index (χ1v) is 9.06. The molecule has 0 atom stereocenters. The number of hydrazine groups is 1. The Balaban J connectivity index is 1.65. The minimum atomic E-state index is -0.878. The van der Waals surface area contributed by atoms with E-state index in [1.54, 1.807) is 18.2 Å². The van der Waals surface area contributed by atoms with Crippen LogP contribution in [0.15, 0.2) is 24.3 Å². The van der Waals surface area contributed by atoms with E-state index in [0.29, 0.717) is 17.9 Å². The van der Waals surface area contributed by atoms with Crippen LogP contribution in [0.25, 0.3) is 5.69 Å². The van der Waals surface area contributed by atoms with Crippen LogP contribution in [0.5, 0.6) is 0 Å². The lowest BCUT2D eigenvalue weighted by Gasteiger charge is -2.30. The minimum Gasteiger partial charge on any atom is -0.481 e. The molecule has 1 fully saturated rings. The van der Waals surface area contributed by atoms with Gasteiger partial charge in [-0.15, -0.1) is 0 Å². The summed E-state index contributed by atoms with van der Waals surface area (Å²) in [6, 6.07) is 7.13. The number of aliphatic carboxylic acids is 1. The summed E-state index contributed by atoms with van der Waals surface area (Å²) in [5, 5.41) is 25.7. The van der Waals surface area contributed by atoms with Gasteiger partial charge in [0.25, 0.3) is 0 Å². The first-order valence-electron chi connectivity index (χ1n) is 8.65. The summed E-state index contributed by atoms with van der Waals surface area (Å²) in [5.41, 5.74) is 1.30. The highest BCUT2D eigenvalue weighted by molar-refractivity contribution is 7.71. The predicted molar refractivity (Wildman–Crippen MR) is 99.8 cm³/mol. The smallest absolute Gasteiger partial charge is 0.304 e. The minimum absolute atomic E-state index is 0.00958. The zero-order valence-electron chi connectivity index (χ0n) is 14.7. The standard InChI is InChI=1S/C16H21N7O3S/c24-14(11-22(9-6-15(25)26)21-7-1-2-8-21)17-12-4-3-5-13(10-12)23-16(27)18-19-20-23/h3-5,10H,1-2,6-9,11H2,(H,17,24)(H,25,26)(H,18,20,27). The van der Waals surface area contributed by atoms with E-state index >= 15 is 0 Å². The maximum Gasteiger partial charge on any atom is 0.304 e. The molecular formula is C16H21N7O3S. The molecule has 1 saturated heterocycles. The summed E-state index contributed by atoms with van der Waals surface area (Å²) >= 11 is 5.08. The quantitative estimate of drug-likeness (QED) is 0.571. The third-order valence-corrected chi connectivity index (χ3v) is 4.52. The monoisotopic (exact) mass is 391 g/mol. The van der Waals surface area contributed by atoms with E-state index in [1.165, 1.54) is 4.68 Å². The van der Waals surface area contributed by atoms with Gasteiger partial charge in [0.05, 0.1) is 18.7 Å². The van der Waals surface area contributed by atoms with Gasteiger partial charge in [-0.05, 0) is 43.3 Å². The number of aromatic nitrogens is 4. The molecule has 1 amide bonds. The van der Waals surface area contributed by atoms with Crippen molar-refractivity contribution in [3.8, 4) is 5.69 Å². The van der Waals surface area contributed by atoms with Crippen molar-refractivity contribution < 1.29 is 14.7 Å². The summed E-state index contributed by atoms with van der Waals surface area (Å²) < 4.78 is 1.81. The Labute approximate surface area is 160 Å². The second-order valence-electron chi connectivity index (χ2n) is 6.21. The van der Waals surface area contributed by atoms with Gasteiger partial charge in [0, 0.05) is 25.3 Å². The van der Waals surface area contributed by atoms with Gasteiger partial charge in [-0.25, -0.2) is 14.7 Å². The number of rotatable bonds is 8. The molecule has 0 aliphatic carbocycles. The number of carboxylic acids is 1. The molecule has 2 heterocycles. The number of carboxylic acid groups (broad SMARTS) is 1. The molecule has 2 aromatic rings. The second kappa shape index (κ2) is 8.84. The molecule has 0 saturated carbocycles. The Morgan fingerprint density at radius 2 is 2.11 bits per heavy atom. The topological polar surface area (TPSA) is 119 Å². The van der Waals surface area contributed by atoms with Crippen LogP contribution in [0.3, 0.4) is 0 Å². The highest BCUT2D eigenvalue weighted by atomic mass is 32.1. The fourth-order valence-corrected chi connectivity index (χ4v) is 3.17. The maximum absolute atomic E-state index is 12.5. The third-order valence-electron chi connectivity index (χ3n) is 4.25. The summed E-state index contributed by atoms with van der Waals surface area (Å²) in [6.07, 6.45) is 2.09. The lowest BCUT2D eigenvalue weighted by Crippen LogP contribution is -2.46. The number of nitrogens with one attached hydrogen (secondary N) is 2. The number of carbonyl (C=O) groups excluding carboxylic acids is 1. The molecule has 1 aromatic carbocycles. The number of anilines is 1. The van der Waals surface area contributed by atoms with Crippen molar-refractivity contribution in [2.75, 3.05) is 31.5 Å². The Hall–Kier alpha value is -2.63. The van der Waals surface area contributed by atoms with Crippen LogP contribution in [0, 0.1) is 4.77 Å². The van der Waals surface area contributed by atoms with Crippen LogP contribution in [-0.4, -0.2) is 73.4 Å². The molecule has 10 nitrogen and oxygen atoms in total. The van der Waals surface area contributed by atoms with E-state index < -0.39 is 5.97 Å². The lowest BCUT2D eigenvalue weighted by atomic mass is 10.2. The Bertz CT molecular complexity index is 859. The van der Waals surface area contributed by atoms with E-state index in [4.69, 9.17) is 17.3 Å². The van der Waals surface area contributed by atoms with E-state index in [1.807, 2.05) is 11.1 Å². The number of nitrogens with zero attached hydrogens (tertiary/aromatic N) is 5. The number of H-pyrrole nitrogens is 1. The van der Waals surface area contributed by atoms with Crippen molar-refractivity contribution in [2.45, 2.75) is 19.3 Å². The van der Waals surface area contributed by atoms with Crippen LogP contribution >= 0.6 is 12.2 Å². The van der Waals surface area contributed by atoms with Gasteiger partial charge in [0.15, 0.2) is 0 Å². The van der Waals surface area contributed by atoms with Crippen LogP contribution in [0.1, 0.15) is 19.3 Å². The largest absolute Gasteiger partial charge is 0.481 e. The summed E-state index contributed by atoms with van der Waals surface area (Å²) in [6.45, 7) is 2.08. The molecule has 144 valence electrons. The number of amides is 1. The van der Waals surface area contributed by atoms with Crippen LogP contribution in [-0.2, 0) is 9.59 Å². The Kier molecular flexibility index (Phi) is 6.27. The molecule has 3 N–H and O–H groups in total. The molecule has 0 bridgehead atoms. The fourth-order valence-electron chi connectivity index (χ4n) is 2.98. The number of hydrogen-bond donors (Lipinski definition) is 3. The van der Waals surface area contributed by atoms with E-state index in [9.17, 15) is 9.59 Å². The molecule has 1 aliphatic heterocycles. The summed E-state index contributed by atoms with van der Waals surface area (Å²) in [7, 11) is 0. The van der Waals surface area contributed by atoms with Crippen LogP contribution in [0.2, 0.25) is 0 Å². The maximum atomic E-state index is 12.5. The third kappa shape index (κ3) is 5.18. The average molecular weight is 391 g/mol. The fraction of sp³-hybridized carbons (Fsp3) is 0.438. The molecule has 0 radical (unpaired) electrons. The average Bonchev–Trinajstić information content (AvgIpc) is 3.30. The number of tetrazole rings is 1. The van der Waals surface area contributed by atoms with E-state index in [2.05, 4.69) is 25.9 Å². The van der Waals surface area contributed by atoms with Gasteiger partial charge in [0.2, 0.25) is 10.7 Å². The van der Waals surface area contributed by atoms with Gasteiger partial charge < -0.3 is 10.4 Å². The zero-order chi connectivity index (χ0) is 19.2. The van der Waals surface area contributed by atoms with Crippen LogP contribution in [0.4, 0.5) is 5.69 Å². The molecule has 27 heavy (non-hydrogen) atoms. The first-order chi connectivity index (χ1) is 13.0. The molecule has 1 aromatic heterocycles. The molecular weight excluding hydrogens is 370 g/mol. The second-order valence-corrected chi connectivity index (χ2v) is 6.57. The predicted octanol–water partition coefficient (Wildman–Crippen LogP) is 1.05. The zero-order valence-corrected chi connectivity index (χ0v) is 15.5. The van der Waals surface area contributed by atoms with Crippen molar-refractivity contribution >= 4 is 29.8 Å². The highest BCUT2D eigenvalue weighted by Gasteiger charge is 2.22. The Morgan fingerprint density at radius 1 is 1.33 bits per heavy atom. The molecule has 0 unspecified atom stereocenters. The number of benzene rings is 1. The number of carbonyl (C=O) groups is 2. The molecule has 11 heteroatoms. The van der Waals surface area contributed by atoms with Crippen molar-refractivity contribution in [2.24, 2.45) is 0 Å². The van der Waals surface area contributed by atoms with Gasteiger partial charge >= 0.3 is 5.97 Å². The normalized spacial score (nSPS) is 14.6. The van der Waals surface area contributed by atoms with Gasteiger partial charge in [0.1, 0.15) is 0 Å². The molecule has 0 spiro atoms. The highest BCUT2D eigenvalue weighted by Crippen LogP contribution is 2.15. The Morgan fingerprint density at radius 3 is 2.78 bits per heavy atom. The van der Waals surface area contributed by atoms with E-state index in [-0.39, 0.29) is 23.6 Å². The van der Waals surface area contributed by atoms with Gasteiger partial charge in [-0.2, -0.15) is 5.21 Å². The van der Waals surface area contributed by atoms with Gasteiger partial charge in [-0.1, -0.05) is 16.4 Å². The van der Waals surface area contributed by atoms with Crippen LogP contribution < -0.4 is 5.32 Å². The van der Waals surface area contributed by atoms with Crippen molar-refractivity contribution in [3.63, 3.8) is 0 Å². The lowest BCUT2D eigenvalue weighted by molar-refractivity contribution is -0.139. The SMILES string of the molecule is O=C(O)CCN(CC(=O)Nc1cccc(-n2[nH]nnc2=S)c1)N1CCCC1. The van der Waals surface area contributed by atoms with Crippen molar-refractivity contribution in [1.82, 2.24) is 30.2 Å². The first kappa shape index (κ1) is 19.1.